The lowest BCUT2D eigenvalue weighted by Gasteiger charge is -2.17. The van der Waals surface area contributed by atoms with Crippen molar-refractivity contribution in [1.82, 2.24) is 9.55 Å². The van der Waals surface area contributed by atoms with Crippen molar-refractivity contribution in [2.75, 3.05) is 0 Å². The number of aromatic nitrogens is 2. The van der Waals surface area contributed by atoms with Gasteiger partial charge in [0.1, 0.15) is 0 Å². The number of rotatable bonds is 4. The van der Waals surface area contributed by atoms with E-state index >= 15 is 0 Å². The largest absolute Gasteiger partial charge is 0.331 e. The molecule has 3 aromatic rings. The second-order valence-electron chi connectivity index (χ2n) is 5.14. The Balaban J connectivity index is 2.21. The first-order valence-electron chi connectivity index (χ1n) is 6.95. The summed E-state index contributed by atoms with van der Waals surface area (Å²) in [4.78, 5) is 4.73. The van der Waals surface area contributed by atoms with Crippen LogP contribution in [-0.4, -0.2) is 9.55 Å². The van der Waals surface area contributed by atoms with Gasteiger partial charge in [-0.25, -0.2) is 0 Å². The third-order valence-corrected chi connectivity index (χ3v) is 4.89. The van der Waals surface area contributed by atoms with Gasteiger partial charge in [-0.1, -0.05) is 25.5 Å². The van der Waals surface area contributed by atoms with Gasteiger partial charge in [0.2, 0.25) is 0 Å². The van der Waals surface area contributed by atoms with E-state index in [1.165, 1.54) is 16.0 Å². The van der Waals surface area contributed by atoms with Crippen molar-refractivity contribution in [3.8, 4) is 0 Å². The highest BCUT2D eigenvalue weighted by Gasteiger charge is 2.17. The van der Waals surface area contributed by atoms with Crippen LogP contribution >= 0.6 is 23.6 Å². The average molecular weight is 302 g/mol. The van der Waals surface area contributed by atoms with E-state index in [2.05, 4.69) is 59.1 Å². The molecule has 2 nitrogen and oxygen atoms in total. The van der Waals surface area contributed by atoms with Crippen LogP contribution in [0.4, 0.5) is 0 Å². The fraction of sp³-hybridized carbons (Fsp3) is 0.312. The van der Waals surface area contributed by atoms with Crippen LogP contribution in [-0.2, 0) is 0 Å². The fourth-order valence-electron chi connectivity index (χ4n) is 2.71. The molecule has 0 bridgehead atoms. The van der Waals surface area contributed by atoms with Gasteiger partial charge in [0.05, 0.1) is 17.1 Å². The summed E-state index contributed by atoms with van der Waals surface area (Å²) in [5, 5.41) is 2.14. The monoisotopic (exact) mass is 302 g/mol. The summed E-state index contributed by atoms with van der Waals surface area (Å²) in [6.07, 6.45) is 2.25. The van der Waals surface area contributed by atoms with Gasteiger partial charge in [0.15, 0.2) is 4.77 Å². The van der Waals surface area contributed by atoms with Gasteiger partial charge in [-0.05, 0) is 54.7 Å². The number of hydrogen-bond acceptors (Lipinski definition) is 2. The Bertz CT molecular complexity index is 765. The average Bonchev–Trinajstić information content (AvgIpc) is 3.03. The number of nitrogens with one attached hydrogen (secondary N) is 1. The zero-order valence-corrected chi connectivity index (χ0v) is 13.4. The molecule has 2 aromatic heterocycles. The molecule has 0 fully saturated rings. The molecule has 4 heteroatoms. The van der Waals surface area contributed by atoms with E-state index in [1.54, 1.807) is 0 Å². The number of hydrogen-bond donors (Lipinski definition) is 1. The Morgan fingerprint density at radius 2 is 2.20 bits per heavy atom. The third kappa shape index (κ3) is 2.34. The van der Waals surface area contributed by atoms with Gasteiger partial charge < -0.3 is 9.55 Å². The van der Waals surface area contributed by atoms with E-state index in [-0.39, 0.29) is 0 Å². The Morgan fingerprint density at radius 3 is 2.90 bits per heavy atom. The van der Waals surface area contributed by atoms with Crippen molar-refractivity contribution in [2.45, 2.75) is 32.7 Å². The van der Waals surface area contributed by atoms with Crippen LogP contribution in [0.25, 0.3) is 11.0 Å². The van der Waals surface area contributed by atoms with Crippen molar-refractivity contribution in [2.24, 2.45) is 0 Å². The van der Waals surface area contributed by atoms with E-state index < -0.39 is 0 Å². The minimum atomic E-state index is 0.337. The Morgan fingerprint density at radius 1 is 1.35 bits per heavy atom. The van der Waals surface area contributed by atoms with E-state index in [4.69, 9.17) is 12.2 Å². The number of aromatic amines is 1. The summed E-state index contributed by atoms with van der Waals surface area (Å²) < 4.78 is 3.09. The highest BCUT2D eigenvalue weighted by Crippen LogP contribution is 2.31. The lowest BCUT2D eigenvalue weighted by molar-refractivity contribution is 0.548. The summed E-state index contributed by atoms with van der Waals surface area (Å²) >= 11 is 7.38. The number of thiophene rings is 1. The predicted octanol–water partition coefficient (Wildman–Crippen LogP) is 5.46. The summed E-state index contributed by atoms with van der Waals surface area (Å²) in [6.45, 7) is 4.33. The van der Waals surface area contributed by atoms with Gasteiger partial charge in [-0.2, -0.15) is 0 Å². The number of imidazole rings is 1. The summed E-state index contributed by atoms with van der Waals surface area (Å²) in [5.74, 6) is 0. The molecule has 0 saturated heterocycles. The molecule has 104 valence electrons. The lowest BCUT2D eigenvalue weighted by atomic mass is 10.1. The van der Waals surface area contributed by atoms with Crippen molar-refractivity contribution >= 4 is 34.6 Å². The van der Waals surface area contributed by atoms with Crippen molar-refractivity contribution < 1.29 is 0 Å². The molecule has 0 saturated carbocycles. The van der Waals surface area contributed by atoms with Crippen molar-refractivity contribution in [1.29, 1.82) is 0 Å². The molecule has 20 heavy (non-hydrogen) atoms. The molecule has 1 N–H and O–H groups in total. The first-order valence-corrected chi connectivity index (χ1v) is 8.23. The molecule has 1 unspecified atom stereocenters. The molecule has 0 aliphatic rings. The number of aryl methyl sites for hydroxylation is 1. The van der Waals surface area contributed by atoms with Gasteiger partial charge >= 0.3 is 0 Å². The van der Waals surface area contributed by atoms with E-state index in [1.807, 2.05) is 11.3 Å². The van der Waals surface area contributed by atoms with Crippen LogP contribution < -0.4 is 0 Å². The highest BCUT2D eigenvalue weighted by molar-refractivity contribution is 7.71. The summed E-state index contributed by atoms with van der Waals surface area (Å²) in [6, 6.07) is 11.2. The molecule has 1 atom stereocenters. The van der Waals surface area contributed by atoms with E-state index in [9.17, 15) is 0 Å². The molecule has 0 aliphatic carbocycles. The Hall–Kier alpha value is -1.39. The van der Waals surface area contributed by atoms with Crippen LogP contribution in [0.3, 0.4) is 0 Å². The first kappa shape index (κ1) is 13.6. The molecule has 0 amide bonds. The SMILES string of the molecule is CCCC(c1cccs1)n1c(=S)[nH]c2cc(C)ccc21. The van der Waals surface area contributed by atoms with Crippen LogP contribution in [0.1, 0.15) is 36.2 Å². The molecular formula is C16H18N2S2. The van der Waals surface area contributed by atoms with Gasteiger partial charge in [-0.15, -0.1) is 11.3 Å². The van der Waals surface area contributed by atoms with E-state index in [0.717, 1.165) is 23.1 Å². The normalized spacial score (nSPS) is 12.9. The topological polar surface area (TPSA) is 20.7 Å². The van der Waals surface area contributed by atoms with Crippen molar-refractivity contribution in [3.63, 3.8) is 0 Å². The molecule has 1 aromatic carbocycles. The maximum Gasteiger partial charge on any atom is 0.178 e. The molecule has 2 heterocycles. The quantitative estimate of drug-likeness (QED) is 0.635. The number of fused-ring (bicyclic) bond motifs is 1. The predicted molar refractivity (Wildman–Crippen MR) is 89.2 cm³/mol. The van der Waals surface area contributed by atoms with E-state index in [0.29, 0.717) is 6.04 Å². The van der Waals surface area contributed by atoms with Crippen molar-refractivity contribution in [3.05, 3.63) is 50.9 Å². The smallest absolute Gasteiger partial charge is 0.178 e. The van der Waals surface area contributed by atoms with Crippen LogP contribution in [0.15, 0.2) is 35.7 Å². The minimum Gasteiger partial charge on any atom is -0.331 e. The van der Waals surface area contributed by atoms with Gasteiger partial charge in [0.25, 0.3) is 0 Å². The maximum atomic E-state index is 5.57. The Labute approximate surface area is 128 Å². The Kier molecular flexibility index (Phi) is 3.76. The van der Waals surface area contributed by atoms with Crippen LogP contribution in [0.2, 0.25) is 0 Å². The fourth-order valence-corrected chi connectivity index (χ4v) is 3.89. The van der Waals surface area contributed by atoms with Gasteiger partial charge in [0, 0.05) is 4.88 Å². The molecular weight excluding hydrogens is 284 g/mol. The minimum absolute atomic E-state index is 0.337. The van der Waals surface area contributed by atoms with Crippen LogP contribution in [0, 0.1) is 11.7 Å². The summed E-state index contributed by atoms with van der Waals surface area (Å²) in [5.41, 5.74) is 3.59. The second-order valence-corrected chi connectivity index (χ2v) is 6.51. The summed E-state index contributed by atoms with van der Waals surface area (Å²) in [7, 11) is 0. The standard InChI is InChI=1S/C16H18N2S2/c1-3-5-14(15-6-4-9-20-15)18-13-8-7-11(2)10-12(13)17-16(18)19/h4,6-10,14H,3,5H2,1-2H3,(H,17,19). The lowest BCUT2D eigenvalue weighted by Crippen LogP contribution is -2.09. The number of H-pyrrole nitrogens is 1. The molecule has 0 spiro atoms. The third-order valence-electron chi connectivity index (χ3n) is 3.62. The number of benzene rings is 1. The zero-order chi connectivity index (χ0) is 14.1. The highest BCUT2D eigenvalue weighted by atomic mass is 32.1. The van der Waals surface area contributed by atoms with Crippen LogP contribution in [0.5, 0.6) is 0 Å². The first-order chi connectivity index (χ1) is 9.70. The second kappa shape index (κ2) is 5.54. The molecule has 3 rings (SSSR count). The van der Waals surface area contributed by atoms with Gasteiger partial charge in [-0.3, -0.25) is 0 Å². The molecule has 0 aliphatic heterocycles. The maximum absolute atomic E-state index is 5.57. The molecule has 0 radical (unpaired) electrons. The number of nitrogens with zero attached hydrogens (tertiary/aromatic N) is 1. The zero-order valence-electron chi connectivity index (χ0n) is 11.7.